The Morgan fingerprint density at radius 3 is 2.33 bits per heavy atom. The average molecular weight is 661 g/mol. The van der Waals surface area contributed by atoms with Crippen LogP contribution in [0.2, 0.25) is 0 Å². The number of carbonyl (C=O) groups is 2. The molecule has 0 bridgehead atoms. The van der Waals surface area contributed by atoms with E-state index in [1.54, 1.807) is 48.5 Å². The number of methoxy groups -OCH3 is 1. The lowest BCUT2D eigenvalue weighted by Crippen LogP contribution is -2.38. The molecule has 1 fully saturated rings. The van der Waals surface area contributed by atoms with Crippen molar-refractivity contribution in [3.8, 4) is 22.3 Å². The molecule has 5 rings (SSSR count). The molecule has 0 spiro atoms. The van der Waals surface area contributed by atoms with E-state index in [0.717, 1.165) is 48.5 Å². The van der Waals surface area contributed by atoms with Crippen LogP contribution in [-0.4, -0.2) is 78.8 Å². The number of sulfonamides is 1. The van der Waals surface area contributed by atoms with Crippen molar-refractivity contribution in [1.82, 2.24) is 4.90 Å². The van der Waals surface area contributed by atoms with Gasteiger partial charge >= 0.3 is 5.97 Å². The molecule has 46 heavy (non-hydrogen) atoms. The van der Waals surface area contributed by atoms with Crippen LogP contribution in [0.1, 0.15) is 25.6 Å². The predicted octanol–water partition coefficient (Wildman–Crippen LogP) is 4.86. The molecular formula is C33H32N4O7S2. The Hall–Kier alpha value is -4.74. The van der Waals surface area contributed by atoms with Gasteiger partial charge in [-0.2, -0.15) is 5.26 Å². The minimum absolute atomic E-state index is 0.0732. The Morgan fingerprint density at radius 1 is 1.02 bits per heavy atom. The summed E-state index contributed by atoms with van der Waals surface area (Å²) in [5.74, 6) is -0.353. The molecule has 0 atom stereocenters. The van der Waals surface area contributed by atoms with Crippen LogP contribution in [0.4, 0.5) is 11.4 Å². The predicted molar refractivity (Wildman–Crippen MR) is 175 cm³/mol. The van der Waals surface area contributed by atoms with Crippen LogP contribution in [-0.2, 0) is 19.5 Å². The smallest absolute Gasteiger partial charge is 0.337 e. The topological polar surface area (TPSA) is 138 Å². The first-order chi connectivity index (χ1) is 22.2. The van der Waals surface area contributed by atoms with E-state index in [9.17, 15) is 23.3 Å². The fourth-order valence-electron chi connectivity index (χ4n) is 4.73. The Labute approximate surface area is 271 Å². The van der Waals surface area contributed by atoms with Crippen molar-refractivity contribution in [3.05, 3.63) is 94.9 Å². The molecule has 0 radical (unpaired) electrons. The van der Waals surface area contributed by atoms with E-state index in [2.05, 4.69) is 16.3 Å². The van der Waals surface area contributed by atoms with Crippen molar-refractivity contribution < 1.29 is 32.2 Å². The largest absolute Gasteiger partial charge is 0.492 e. The summed E-state index contributed by atoms with van der Waals surface area (Å²) in [6.07, 6.45) is 0. The highest BCUT2D eigenvalue weighted by Gasteiger charge is 2.29. The lowest BCUT2D eigenvalue weighted by molar-refractivity contribution is 0.0322. The van der Waals surface area contributed by atoms with Gasteiger partial charge in [-0.25, -0.2) is 13.2 Å². The maximum absolute atomic E-state index is 14.0. The molecule has 1 saturated heterocycles. The first kappa shape index (κ1) is 32.6. The maximum Gasteiger partial charge on any atom is 0.337 e. The van der Waals surface area contributed by atoms with Gasteiger partial charge in [0, 0.05) is 32.4 Å². The SMILES string of the molecule is COC(=O)c1ccc(N(C)S(=O)(=O)c2cc(C(=O)Nc3ccc(OCCN4CCOCC4)cc3)sc2-c2ccc(C#N)cc2)cc1. The van der Waals surface area contributed by atoms with Gasteiger partial charge in [-0.05, 0) is 72.3 Å². The van der Waals surface area contributed by atoms with Crippen LogP contribution in [0.5, 0.6) is 5.75 Å². The van der Waals surface area contributed by atoms with Gasteiger partial charge in [-0.3, -0.25) is 14.0 Å². The normalized spacial score (nSPS) is 13.4. The second-order valence-corrected chi connectivity index (χ2v) is 13.3. The lowest BCUT2D eigenvalue weighted by Gasteiger charge is -2.26. The van der Waals surface area contributed by atoms with Crippen molar-refractivity contribution in [1.29, 1.82) is 5.26 Å². The minimum Gasteiger partial charge on any atom is -0.492 e. The molecule has 0 unspecified atom stereocenters. The summed E-state index contributed by atoms with van der Waals surface area (Å²) < 4.78 is 45.0. The number of anilines is 2. The van der Waals surface area contributed by atoms with E-state index in [-0.39, 0.29) is 15.3 Å². The molecular weight excluding hydrogens is 629 g/mol. The van der Waals surface area contributed by atoms with E-state index in [1.165, 1.54) is 44.5 Å². The van der Waals surface area contributed by atoms with E-state index in [0.29, 0.717) is 39.7 Å². The summed E-state index contributed by atoms with van der Waals surface area (Å²) in [5, 5.41) is 12.1. The minimum atomic E-state index is -4.18. The fourth-order valence-corrected chi connectivity index (χ4v) is 7.51. The highest BCUT2D eigenvalue weighted by Crippen LogP contribution is 2.38. The zero-order valence-electron chi connectivity index (χ0n) is 25.3. The van der Waals surface area contributed by atoms with Crippen molar-refractivity contribution in [2.45, 2.75) is 4.90 Å². The van der Waals surface area contributed by atoms with Gasteiger partial charge < -0.3 is 19.5 Å². The Kier molecular flexibility index (Phi) is 10.3. The molecule has 2 heterocycles. The molecule has 1 aliphatic heterocycles. The monoisotopic (exact) mass is 660 g/mol. The van der Waals surface area contributed by atoms with Crippen LogP contribution in [0.3, 0.4) is 0 Å². The number of hydrogen-bond donors (Lipinski definition) is 1. The number of ether oxygens (including phenoxy) is 3. The number of nitrogens with one attached hydrogen (secondary N) is 1. The number of benzene rings is 3. The highest BCUT2D eigenvalue weighted by atomic mass is 32.2. The molecule has 0 saturated carbocycles. The molecule has 238 valence electrons. The number of nitriles is 1. The number of carbonyl (C=O) groups excluding carboxylic acids is 2. The molecule has 1 amide bonds. The molecule has 3 aromatic carbocycles. The Bertz CT molecular complexity index is 1830. The Balaban J connectivity index is 1.36. The average Bonchev–Trinajstić information content (AvgIpc) is 3.56. The Morgan fingerprint density at radius 2 is 1.70 bits per heavy atom. The maximum atomic E-state index is 14.0. The lowest BCUT2D eigenvalue weighted by atomic mass is 10.1. The highest BCUT2D eigenvalue weighted by molar-refractivity contribution is 7.93. The zero-order valence-corrected chi connectivity index (χ0v) is 26.9. The number of nitrogens with zero attached hydrogens (tertiary/aromatic N) is 3. The van der Waals surface area contributed by atoms with E-state index >= 15 is 0 Å². The molecule has 1 aliphatic rings. The third-order valence-electron chi connectivity index (χ3n) is 7.38. The molecule has 1 N–H and O–H groups in total. The number of esters is 1. The van der Waals surface area contributed by atoms with Gasteiger partial charge in [0.2, 0.25) is 0 Å². The molecule has 11 nitrogen and oxygen atoms in total. The molecule has 0 aliphatic carbocycles. The van der Waals surface area contributed by atoms with Gasteiger partial charge in [-0.15, -0.1) is 11.3 Å². The van der Waals surface area contributed by atoms with Crippen molar-refractivity contribution in [2.24, 2.45) is 0 Å². The molecule has 4 aromatic rings. The molecule has 1 aromatic heterocycles. The van der Waals surface area contributed by atoms with Crippen LogP contribution >= 0.6 is 11.3 Å². The number of amides is 1. The number of thiophene rings is 1. The van der Waals surface area contributed by atoms with E-state index in [4.69, 9.17) is 14.2 Å². The summed E-state index contributed by atoms with van der Waals surface area (Å²) in [5.41, 5.74) is 2.06. The summed E-state index contributed by atoms with van der Waals surface area (Å²) in [6, 6.07) is 22.8. The quantitative estimate of drug-likeness (QED) is 0.224. The van der Waals surface area contributed by atoms with Crippen LogP contribution in [0.15, 0.2) is 83.8 Å². The standard InChI is InChI=1S/C33H32N4O7S2/c1-36(27-11-7-25(8-12-27)33(39)42-2)46(40,41)30-21-29(45-31(30)24-5-3-23(22-34)4-6-24)32(38)35-26-9-13-28(14-10-26)44-20-17-37-15-18-43-19-16-37/h3-14,21H,15-20H2,1-2H3,(H,35,38). The first-order valence-electron chi connectivity index (χ1n) is 14.4. The number of rotatable bonds is 11. The van der Waals surface area contributed by atoms with Crippen LogP contribution in [0.25, 0.3) is 10.4 Å². The van der Waals surface area contributed by atoms with E-state index in [1.807, 2.05) is 0 Å². The van der Waals surface area contributed by atoms with Gasteiger partial charge in [0.15, 0.2) is 0 Å². The zero-order chi connectivity index (χ0) is 32.7. The fraction of sp³-hybridized carbons (Fsp3) is 0.242. The second-order valence-electron chi connectivity index (χ2n) is 10.3. The van der Waals surface area contributed by atoms with Crippen molar-refractivity contribution in [2.75, 3.05) is 63.2 Å². The summed E-state index contributed by atoms with van der Waals surface area (Å²) >= 11 is 1.03. The number of hydrogen-bond acceptors (Lipinski definition) is 10. The molecule has 13 heteroatoms. The van der Waals surface area contributed by atoms with E-state index < -0.39 is 21.9 Å². The first-order valence-corrected chi connectivity index (χ1v) is 16.6. The number of morpholine rings is 1. The van der Waals surface area contributed by atoms with Crippen LogP contribution in [0, 0.1) is 11.3 Å². The van der Waals surface area contributed by atoms with Crippen molar-refractivity contribution >= 4 is 44.6 Å². The van der Waals surface area contributed by atoms with Crippen molar-refractivity contribution in [3.63, 3.8) is 0 Å². The van der Waals surface area contributed by atoms with Gasteiger partial charge in [0.25, 0.3) is 15.9 Å². The van der Waals surface area contributed by atoms with Gasteiger partial charge in [0.05, 0.1) is 53.0 Å². The summed E-state index contributed by atoms with van der Waals surface area (Å²) in [6.45, 7) is 4.54. The summed E-state index contributed by atoms with van der Waals surface area (Å²) in [7, 11) is -1.52. The van der Waals surface area contributed by atoms with Gasteiger partial charge in [-0.1, -0.05) is 12.1 Å². The second kappa shape index (κ2) is 14.6. The third kappa shape index (κ3) is 7.55. The van der Waals surface area contributed by atoms with Gasteiger partial charge in [0.1, 0.15) is 17.3 Å². The third-order valence-corrected chi connectivity index (χ3v) is 10.5. The van der Waals surface area contributed by atoms with Crippen LogP contribution < -0.4 is 14.4 Å². The summed E-state index contributed by atoms with van der Waals surface area (Å²) in [4.78, 5) is 28.0.